The average Bonchev–Trinajstić information content (AvgIpc) is 2.96. The summed E-state index contributed by atoms with van der Waals surface area (Å²) < 4.78 is 0. The summed E-state index contributed by atoms with van der Waals surface area (Å²) in [6, 6.07) is 19.7. The van der Waals surface area contributed by atoms with Crippen molar-refractivity contribution in [2.45, 2.75) is 39.8 Å². The van der Waals surface area contributed by atoms with Gasteiger partial charge < -0.3 is 15.1 Å². The van der Waals surface area contributed by atoms with E-state index in [0.29, 0.717) is 11.5 Å². The molecule has 8 nitrogen and oxygen atoms in total. The number of anilines is 3. The van der Waals surface area contributed by atoms with Crippen LogP contribution in [0.25, 0.3) is 11.3 Å². The molecule has 0 radical (unpaired) electrons. The van der Waals surface area contributed by atoms with Crippen LogP contribution in [0.1, 0.15) is 42.3 Å². The van der Waals surface area contributed by atoms with Gasteiger partial charge in [-0.25, -0.2) is 9.97 Å². The Morgan fingerprint density at radius 3 is 2.41 bits per heavy atom. The summed E-state index contributed by atoms with van der Waals surface area (Å²) in [5, 5.41) is 3.10. The number of aryl methyl sites for hydroxylation is 1. The van der Waals surface area contributed by atoms with Crippen molar-refractivity contribution >= 4 is 23.2 Å². The number of carbonyl (C=O) groups is 1. The number of pyridine rings is 1. The first-order chi connectivity index (χ1) is 19.7. The zero-order chi connectivity index (χ0) is 29.0. The summed E-state index contributed by atoms with van der Waals surface area (Å²) in [7, 11) is 2.16. The largest absolute Gasteiger partial charge is 0.322 e. The SMILES string of the molecule is Cc1ccc(NC(=O)c2ccc(CN3CCN(C)CC3)cc2)cc1N(c1nccc(-c2cccnc2)n1)C(C)(C)C. The Balaban J connectivity index is 1.35. The van der Waals surface area contributed by atoms with E-state index in [0.717, 1.165) is 60.9 Å². The van der Waals surface area contributed by atoms with Crippen molar-refractivity contribution in [3.05, 3.63) is 95.9 Å². The highest BCUT2D eigenvalue weighted by molar-refractivity contribution is 6.04. The molecule has 2 aromatic carbocycles. The lowest BCUT2D eigenvalue weighted by Gasteiger charge is -2.37. The standard InChI is InChI=1S/C33H39N7O/c1-24-8-13-28(36-31(41)26-11-9-25(10-12-26)23-39-19-17-38(5)18-20-39)21-30(24)40(33(2,3)4)32-35-16-14-29(37-32)27-7-6-15-34-22-27/h6-16,21-22H,17-20,23H2,1-5H3,(H,36,41). The normalized spacial score (nSPS) is 14.6. The Bertz CT molecular complexity index is 1470. The average molecular weight is 550 g/mol. The molecule has 1 amide bonds. The highest BCUT2D eigenvalue weighted by Crippen LogP contribution is 2.35. The van der Waals surface area contributed by atoms with Crippen molar-refractivity contribution < 1.29 is 4.79 Å². The van der Waals surface area contributed by atoms with E-state index in [9.17, 15) is 4.79 Å². The second-order valence-electron chi connectivity index (χ2n) is 11.7. The molecule has 1 aliphatic rings. The molecule has 2 aromatic heterocycles. The molecule has 0 saturated carbocycles. The molecule has 0 unspecified atom stereocenters. The first-order valence-electron chi connectivity index (χ1n) is 14.1. The van der Waals surface area contributed by atoms with Crippen LogP contribution in [-0.2, 0) is 6.54 Å². The van der Waals surface area contributed by atoms with Gasteiger partial charge in [0, 0.05) is 79.4 Å². The van der Waals surface area contributed by atoms with Gasteiger partial charge in [-0.15, -0.1) is 0 Å². The van der Waals surface area contributed by atoms with E-state index in [-0.39, 0.29) is 11.4 Å². The second-order valence-corrected chi connectivity index (χ2v) is 11.7. The lowest BCUT2D eigenvalue weighted by atomic mass is 10.0. The van der Waals surface area contributed by atoms with Crippen LogP contribution < -0.4 is 10.2 Å². The van der Waals surface area contributed by atoms with Gasteiger partial charge in [-0.3, -0.25) is 14.7 Å². The molecule has 41 heavy (non-hydrogen) atoms. The van der Waals surface area contributed by atoms with Crippen LogP contribution in [0, 0.1) is 6.92 Å². The number of rotatable bonds is 7. The zero-order valence-electron chi connectivity index (χ0n) is 24.6. The van der Waals surface area contributed by atoms with Crippen LogP contribution in [0.2, 0.25) is 0 Å². The summed E-state index contributed by atoms with van der Waals surface area (Å²) in [6.45, 7) is 13.7. The van der Waals surface area contributed by atoms with Crippen LogP contribution in [0.4, 0.5) is 17.3 Å². The third-order valence-corrected chi connectivity index (χ3v) is 7.40. The smallest absolute Gasteiger partial charge is 0.255 e. The van der Waals surface area contributed by atoms with E-state index >= 15 is 0 Å². The molecule has 0 aliphatic carbocycles. The molecule has 1 aliphatic heterocycles. The van der Waals surface area contributed by atoms with Gasteiger partial charge >= 0.3 is 0 Å². The third-order valence-electron chi connectivity index (χ3n) is 7.40. The van der Waals surface area contributed by atoms with E-state index in [1.807, 2.05) is 48.5 Å². The molecule has 4 aromatic rings. The number of hydrogen-bond acceptors (Lipinski definition) is 7. The first-order valence-corrected chi connectivity index (χ1v) is 14.1. The summed E-state index contributed by atoms with van der Waals surface area (Å²) >= 11 is 0. The number of nitrogens with zero attached hydrogens (tertiary/aromatic N) is 6. The summed E-state index contributed by atoms with van der Waals surface area (Å²) in [5.41, 5.74) is 5.96. The van der Waals surface area contributed by atoms with Gasteiger partial charge in [0.15, 0.2) is 0 Å². The van der Waals surface area contributed by atoms with Crippen LogP contribution in [0.15, 0.2) is 79.3 Å². The van der Waals surface area contributed by atoms with Crippen molar-refractivity contribution in [2.75, 3.05) is 43.4 Å². The zero-order valence-corrected chi connectivity index (χ0v) is 24.6. The highest BCUT2D eigenvalue weighted by atomic mass is 16.1. The second kappa shape index (κ2) is 12.2. The van der Waals surface area contributed by atoms with Crippen LogP contribution in [-0.4, -0.2) is 69.4 Å². The third kappa shape index (κ3) is 6.96. The predicted octanol–water partition coefficient (Wildman–Crippen LogP) is 5.78. The molecule has 1 fully saturated rings. The molecule has 212 valence electrons. The minimum absolute atomic E-state index is 0.136. The molecule has 1 saturated heterocycles. The predicted molar refractivity (Wildman–Crippen MR) is 166 cm³/mol. The minimum Gasteiger partial charge on any atom is -0.322 e. The fourth-order valence-electron chi connectivity index (χ4n) is 5.06. The van der Waals surface area contributed by atoms with E-state index in [1.165, 1.54) is 5.56 Å². The maximum absolute atomic E-state index is 13.2. The monoisotopic (exact) mass is 549 g/mol. The molecule has 1 N–H and O–H groups in total. The first kappa shape index (κ1) is 28.4. The van der Waals surface area contributed by atoms with E-state index in [2.05, 4.69) is 76.9 Å². The summed E-state index contributed by atoms with van der Waals surface area (Å²) in [4.78, 5) is 33.9. The topological polar surface area (TPSA) is 77.5 Å². The molecule has 5 rings (SSSR count). The highest BCUT2D eigenvalue weighted by Gasteiger charge is 2.28. The minimum atomic E-state index is -0.333. The molecular weight excluding hydrogens is 510 g/mol. The Hall–Kier alpha value is -4.14. The lowest BCUT2D eigenvalue weighted by Crippen LogP contribution is -2.43. The number of likely N-dealkylation sites (N-methyl/N-ethyl adjacent to an activating group) is 1. The van der Waals surface area contributed by atoms with E-state index in [1.54, 1.807) is 18.6 Å². The van der Waals surface area contributed by atoms with Crippen molar-refractivity contribution in [2.24, 2.45) is 0 Å². The Labute approximate surface area is 243 Å². The van der Waals surface area contributed by atoms with Crippen molar-refractivity contribution in [1.82, 2.24) is 24.8 Å². The van der Waals surface area contributed by atoms with Gasteiger partial charge in [0.25, 0.3) is 5.91 Å². The number of hydrogen-bond donors (Lipinski definition) is 1. The Morgan fingerprint density at radius 2 is 1.73 bits per heavy atom. The Morgan fingerprint density at radius 1 is 0.976 bits per heavy atom. The van der Waals surface area contributed by atoms with Gasteiger partial charge in [0.1, 0.15) is 0 Å². The number of benzene rings is 2. The van der Waals surface area contributed by atoms with Gasteiger partial charge in [0.2, 0.25) is 5.95 Å². The molecule has 0 atom stereocenters. The number of amides is 1. The maximum atomic E-state index is 13.2. The van der Waals surface area contributed by atoms with Gasteiger partial charge in [-0.2, -0.15) is 0 Å². The summed E-state index contributed by atoms with van der Waals surface area (Å²) in [5.74, 6) is 0.449. The quantitative estimate of drug-likeness (QED) is 0.313. The van der Waals surface area contributed by atoms with Crippen molar-refractivity contribution in [3.63, 3.8) is 0 Å². The molecule has 8 heteroatoms. The Kier molecular flexibility index (Phi) is 8.42. The van der Waals surface area contributed by atoms with Gasteiger partial charge in [-0.05, 0) is 88.3 Å². The van der Waals surface area contributed by atoms with E-state index in [4.69, 9.17) is 4.98 Å². The van der Waals surface area contributed by atoms with Crippen LogP contribution >= 0.6 is 0 Å². The number of piperazine rings is 1. The number of aromatic nitrogens is 3. The van der Waals surface area contributed by atoms with Crippen molar-refractivity contribution in [1.29, 1.82) is 0 Å². The molecule has 3 heterocycles. The number of carbonyl (C=O) groups excluding carboxylic acids is 1. The summed E-state index contributed by atoms with van der Waals surface area (Å²) in [6.07, 6.45) is 5.32. The van der Waals surface area contributed by atoms with Gasteiger partial charge in [-0.1, -0.05) is 18.2 Å². The number of nitrogens with one attached hydrogen (secondary N) is 1. The fraction of sp³-hybridized carbons (Fsp3) is 0.333. The van der Waals surface area contributed by atoms with Gasteiger partial charge in [0.05, 0.1) is 5.69 Å². The van der Waals surface area contributed by atoms with Crippen LogP contribution in [0.3, 0.4) is 0 Å². The fourth-order valence-corrected chi connectivity index (χ4v) is 5.06. The lowest BCUT2D eigenvalue weighted by molar-refractivity contribution is 0.102. The maximum Gasteiger partial charge on any atom is 0.255 e. The molecule has 0 spiro atoms. The molecule has 0 bridgehead atoms. The van der Waals surface area contributed by atoms with Crippen molar-refractivity contribution in [3.8, 4) is 11.3 Å². The van der Waals surface area contributed by atoms with Crippen LogP contribution in [0.5, 0.6) is 0 Å². The van der Waals surface area contributed by atoms with E-state index < -0.39 is 0 Å². The molecular formula is C33H39N7O.